The smallest absolute Gasteiger partial charge is 0.281 e. The highest BCUT2D eigenvalue weighted by Crippen LogP contribution is 2.51. The number of hydrogen-bond donors (Lipinski definition) is 8. The Bertz CT molecular complexity index is 7560. The van der Waals surface area contributed by atoms with Crippen LogP contribution in [-0.4, -0.2) is 190 Å². The minimum atomic E-state index is -4.45. The molecule has 0 bridgehead atoms. The lowest BCUT2D eigenvalue weighted by Crippen LogP contribution is -2.50. The quantitative estimate of drug-likeness (QED) is 0.0237. The second-order valence-electron chi connectivity index (χ2n) is 40.3. The number of para-hydroxylation sites is 1. The molecule has 784 valence electrons. The van der Waals surface area contributed by atoms with Gasteiger partial charge in [0.05, 0.1) is 68.7 Å². The fourth-order valence-electron chi connectivity index (χ4n) is 19.3. The molecule has 10 N–H and O–H groups in total. The fourth-order valence-corrected chi connectivity index (χ4v) is 23.4. The van der Waals surface area contributed by atoms with Crippen molar-refractivity contribution in [3.8, 4) is 57.2 Å². The van der Waals surface area contributed by atoms with Crippen LogP contribution in [0.1, 0.15) is 176 Å². The lowest BCUT2D eigenvalue weighted by atomic mass is 9.73. The monoisotopic (exact) mass is 2110 g/mol. The molecule has 3 aromatic carbocycles. The number of aromatic amines is 1. The summed E-state index contributed by atoms with van der Waals surface area (Å²) in [6.45, 7) is 30.2. The molecule has 4 aliphatic heterocycles. The van der Waals surface area contributed by atoms with Crippen molar-refractivity contribution >= 4 is 110 Å². The summed E-state index contributed by atoms with van der Waals surface area (Å²) in [7, 11) is -11.4. The first kappa shape index (κ1) is 109. The zero-order valence-corrected chi connectivity index (χ0v) is 88.2. The van der Waals surface area contributed by atoms with Crippen LogP contribution in [0.3, 0.4) is 0 Å². The minimum Gasteiger partial charge on any atom is -0.497 e. The second-order valence-corrected chi connectivity index (χ2v) is 46.9. The molecule has 12 aromatic rings. The third kappa shape index (κ3) is 24.6. The number of sulfonamides is 4. The summed E-state index contributed by atoms with van der Waals surface area (Å²) in [5, 5.41) is 7.26. The molecule has 39 nitrogen and oxygen atoms in total. The molecule has 5 aliphatic rings. The summed E-state index contributed by atoms with van der Waals surface area (Å²) < 4.78 is 169. The number of nitrogens with zero attached hydrogens (tertiary/aromatic N) is 13. The van der Waals surface area contributed by atoms with Gasteiger partial charge in [-0.1, -0.05) is 60.6 Å². The number of methoxy groups -OCH3 is 4. The van der Waals surface area contributed by atoms with Crippen LogP contribution in [0.5, 0.6) is 28.9 Å². The van der Waals surface area contributed by atoms with E-state index in [9.17, 15) is 66.4 Å². The van der Waals surface area contributed by atoms with Gasteiger partial charge in [-0.3, -0.25) is 24.0 Å². The number of rotatable bonds is 27. The molecular formula is C103H121F2N21O18S4. The summed E-state index contributed by atoms with van der Waals surface area (Å²) in [4.78, 5) is 105. The lowest BCUT2D eigenvalue weighted by molar-refractivity contribution is 0.0972. The molecule has 4 atom stereocenters. The number of anilines is 8. The Morgan fingerprint density at radius 1 is 0.480 bits per heavy atom. The Hall–Kier alpha value is -15.0. The summed E-state index contributed by atoms with van der Waals surface area (Å²) in [5.74, 6) is 0.790. The van der Waals surface area contributed by atoms with Crippen molar-refractivity contribution in [2.24, 2.45) is 29.1 Å². The Kier molecular flexibility index (Phi) is 32.0. The van der Waals surface area contributed by atoms with Crippen LogP contribution < -0.4 is 84.5 Å². The van der Waals surface area contributed by atoms with E-state index < -0.39 is 85.8 Å². The predicted octanol–water partition coefficient (Wildman–Crippen LogP) is 14.5. The van der Waals surface area contributed by atoms with Crippen LogP contribution in [0, 0.1) is 40.7 Å². The number of nitrogens with two attached hydrogens (primary N) is 2. The van der Waals surface area contributed by atoms with E-state index in [0.29, 0.717) is 112 Å². The number of nitrogens with one attached hydrogen (secondary N) is 6. The van der Waals surface area contributed by atoms with Gasteiger partial charge in [0.1, 0.15) is 73.6 Å². The largest absolute Gasteiger partial charge is 0.497 e. The third-order valence-electron chi connectivity index (χ3n) is 25.8. The van der Waals surface area contributed by atoms with Crippen LogP contribution in [-0.2, 0) is 40.1 Å². The van der Waals surface area contributed by atoms with Crippen LogP contribution in [0.15, 0.2) is 219 Å². The number of hydrogen-bond acceptors (Lipinski definition) is 33. The fraction of sp³-hybridized carbons (Fsp3) is 0.369. The Labute approximate surface area is 858 Å². The van der Waals surface area contributed by atoms with E-state index in [1.54, 1.807) is 89.9 Å². The van der Waals surface area contributed by atoms with E-state index in [4.69, 9.17) is 50.1 Å². The maximum Gasteiger partial charge on any atom is 0.281 e. The maximum absolute atomic E-state index is 14.4. The molecule has 1 saturated carbocycles. The van der Waals surface area contributed by atoms with Crippen molar-refractivity contribution in [2.75, 3.05) is 97.6 Å². The number of aromatic nitrogens is 10. The molecule has 4 saturated heterocycles. The zero-order chi connectivity index (χ0) is 107. The molecule has 1 spiro atoms. The van der Waals surface area contributed by atoms with Gasteiger partial charge in [0.25, 0.3) is 69.3 Å². The SMILES string of the molecule is CC1CN(c2nc(-n3ccc(OCC(C)(C)C)n3)ccc2C(=O)NS(=O)(=O)c2cccnc2N)C2(CCC2)C1.COc1c(F)cccc1-c1ccc(C(=O)NS(=O)(=O)c2cccnc2N)c(N2C[C@@H](C)CC2(C)C)n1.COc1cc(F)ccc1-c1ccc(C(=O)NS(=O)(=O)c2ccc[nH]c2=O)c(N2C[C@@H](C)CC2(C)C)n1.COc1cc(Nc2cccc(S(=O)(=O)NC(=O)c3cccnc3N3CC(C)CC3(C)C)n2)cc(OC)c1. The van der Waals surface area contributed by atoms with Gasteiger partial charge >= 0.3 is 0 Å². The van der Waals surface area contributed by atoms with Gasteiger partial charge in [-0.25, -0.2) is 92.5 Å². The van der Waals surface area contributed by atoms with Crippen molar-refractivity contribution < 1.29 is 85.3 Å². The normalized spacial score (nSPS) is 17.5. The number of carbonyl (C=O) groups excluding carboxylic acids is 4. The van der Waals surface area contributed by atoms with Gasteiger partial charge in [0, 0.05) is 126 Å². The highest BCUT2D eigenvalue weighted by atomic mass is 32.2. The zero-order valence-electron chi connectivity index (χ0n) is 85.0. The van der Waals surface area contributed by atoms with Gasteiger partial charge in [-0.05, 0) is 237 Å². The summed E-state index contributed by atoms with van der Waals surface area (Å²) >= 11 is 0. The van der Waals surface area contributed by atoms with Crippen molar-refractivity contribution in [3.63, 3.8) is 0 Å². The highest BCUT2D eigenvalue weighted by Gasteiger charge is 2.51. The average Bonchev–Trinajstić information content (AvgIpc) is 1.58. The third-order valence-corrected chi connectivity index (χ3v) is 31.2. The van der Waals surface area contributed by atoms with E-state index in [2.05, 4.69) is 122 Å². The molecule has 1 aliphatic carbocycles. The first-order valence-electron chi connectivity index (χ1n) is 47.6. The topological polar surface area (TPSA) is 517 Å². The first-order valence-corrected chi connectivity index (χ1v) is 53.5. The van der Waals surface area contributed by atoms with E-state index in [1.807, 2.05) is 42.2 Å². The van der Waals surface area contributed by atoms with E-state index >= 15 is 0 Å². The van der Waals surface area contributed by atoms with Gasteiger partial charge < -0.3 is 65.1 Å². The Morgan fingerprint density at radius 3 is 1.45 bits per heavy atom. The molecule has 45 heteroatoms. The molecule has 13 heterocycles. The molecule has 2 unspecified atom stereocenters. The number of carbonyl (C=O) groups is 4. The maximum atomic E-state index is 14.4. The summed E-state index contributed by atoms with van der Waals surface area (Å²) in [5.41, 5.74) is 12.4. The molecule has 9 aromatic heterocycles. The Morgan fingerprint density at radius 2 is 0.953 bits per heavy atom. The highest BCUT2D eigenvalue weighted by molar-refractivity contribution is 7.91. The number of ether oxygens (including phenoxy) is 5. The molecule has 148 heavy (non-hydrogen) atoms. The Balaban J connectivity index is 0.000000156. The van der Waals surface area contributed by atoms with Crippen molar-refractivity contribution in [1.82, 2.24) is 68.5 Å². The standard InChI is InChI=1S/C27H35N7O4S.C26H31N5O5S.C25H28FN5O4S.C25H27FN4O5S/c1-18-15-27(11-6-12-27)33(16-18)24-19(25(35)32-39(36,37)20-7-5-13-29-23(20)28)8-9-21(30-24)34-14-10-22(31-34)38-17-26(2,3)4;1-17-15-26(2,3)31(16-17)24-21(8-7-11-27-24)25(32)30-37(33,34)23-10-6-9-22(29-23)28-18-12-19(35-4)14-20(13-18)36-5;1-15-13-25(2,3)31(14-15)23-17(24(32)30-36(33,34)20-9-6-12-28-22(20)27)10-11-19(29-23)16-7-5-8-18(26)21(16)35-4;1-15-13-25(2,3)30(14-15)22-18(23(31)29-36(33,34)21-6-5-11-27-24(21)32)9-10-19(28-22)17-8-7-16(26)12-20(17)35-4/h5,7-10,13-14,18H,6,11-12,15-17H2,1-4H3,(H2,28,29)(H,32,35);6-14,17H,15-16H2,1-5H3,(H,28,29)(H,30,32);5-12,15H,13-14H2,1-4H3,(H2,27,28)(H,30,32);5-12,15H,13-14H2,1-4H3,(H,27,32)(H,29,31)/t;;2*15-/m..00/s1. The average molecular weight is 2110 g/mol. The van der Waals surface area contributed by atoms with Gasteiger partial charge in [0.2, 0.25) is 5.88 Å². The molecule has 0 radical (unpaired) electrons. The van der Waals surface area contributed by atoms with Crippen LogP contribution in [0.4, 0.5) is 55.2 Å². The van der Waals surface area contributed by atoms with E-state index in [1.165, 1.54) is 132 Å². The lowest BCUT2D eigenvalue weighted by Gasteiger charge is -2.47. The van der Waals surface area contributed by atoms with Crippen molar-refractivity contribution in [1.29, 1.82) is 0 Å². The minimum absolute atomic E-state index is 0.0193. The first-order chi connectivity index (χ1) is 69.8. The number of nitrogen functional groups attached to an aromatic ring is 2. The van der Waals surface area contributed by atoms with Crippen LogP contribution in [0.25, 0.3) is 28.3 Å². The molecule has 17 rings (SSSR count). The summed E-state index contributed by atoms with van der Waals surface area (Å²) in [6.07, 6.45) is 14.1. The van der Waals surface area contributed by atoms with Crippen molar-refractivity contribution in [2.45, 2.75) is 177 Å². The molecule has 5 fully saturated rings. The summed E-state index contributed by atoms with van der Waals surface area (Å²) in [6, 6.07) is 40.3. The van der Waals surface area contributed by atoms with Gasteiger partial charge in [0.15, 0.2) is 27.3 Å². The molecule has 4 amide bonds. The number of pyridine rings is 8. The predicted molar refractivity (Wildman–Crippen MR) is 556 cm³/mol. The van der Waals surface area contributed by atoms with E-state index in [-0.39, 0.29) is 99.4 Å². The second kappa shape index (κ2) is 43.6. The molecular weight excluding hydrogens is 1990 g/mol. The number of benzene rings is 3. The number of H-pyrrole nitrogens is 1. The number of amides is 4. The van der Waals surface area contributed by atoms with Crippen molar-refractivity contribution in [3.05, 3.63) is 239 Å². The van der Waals surface area contributed by atoms with Crippen LogP contribution in [0.2, 0.25) is 0 Å². The van der Waals surface area contributed by atoms with Gasteiger partial charge in [-0.2, -0.15) is 8.42 Å². The van der Waals surface area contributed by atoms with E-state index in [0.717, 1.165) is 64.1 Å². The van der Waals surface area contributed by atoms with Crippen LogP contribution >= 0.6 is 0 Å². The number of halogens is 2. The van der Waals surface area contributed by atoms with Gasteiger partial charge in [-0.15, -0.1) is 5.10 Å².